The van der Waals surface area contributed by atoms with Crippen LogP contribution >= 0.6 is 0 Å². The molecular weight excluding hydrogens is 238 g/mol. The molecule has 1 aliphatic carbocycles. The van der Waals surface area contributed by atoms with Crippen molar-refractivity contribution in [3.05, 3.63) is 12.5 Å². The lowest BCUT2D eigenvalue weighted by Crippen LogP contribution is -2.38. The van der Waals surface area contributed by atoms with Crippen molar-refractivity contribution >= 4 is 16.9 Å². The lowest BCUT2D eigenvalue weighted by Gasteiger charge is -2.34. The molecule has 3 unspecified atom stereocenters. The summed E-state index contributed by atoms with van der Waals surface area (Å²) >= 11 is 0. The van der Waals surface area contributed by atoms with Crippen LogP contribution in [0.4, 0.5) is 5.82 Å². The Hall–Kier alpha value is -1.65. The van der Waals surface area contributed by atoms with Crippen LogP contribution in [0, 0.1) is 5.92 Å². The van der Waals surface area contributed by atoms with Crippen LogP contribution in [0.25, 0.3) is 11.0 Å². The number of H-pyrrole nitrogens is 1. The van der Waals surface area contributed by atoms with E-state index in [1.165, 1.54) is 32.1 Å². The molecule has 3 heterocycles. The second-order valence-electron chi connectivity index (χ2n) is 5.93. The zero-order valence-electron chi connectivity index (χ0n) is 11.2. The summed E-state index contributed by atoms with van der Waals surface area (Å²) in [5.41, 5.74) is 0.844. The van der Waals surface area contributed by atoms with Crippen molar-refractivity contribution < 1.29 is 0 Å². The van der Waals surface area contributed by atoms with Crippen molar-refractivity contribution in [3.63, 3.8) is 0 Å². The molecular formula is C14H19N5. The Balaban J connectivity index is 1.80. The molecule has 4 rings (SSSR count). The Morgan fingerprint density at radius 3 is 3.11 bits per heavy atom. The van der Waals surface area contributed by atoms with Gasteiger partial charge in [0.15, 0.2) is 5.65 Å². The lowest BCUT2D eigenvalue weighted by molar-refractivity contribution is 0.341. The highest BCUT2D eigenvalue weighted by Crippen LogP contribution is 2.42. The van der Waals surface area contributed by atoms with Crippen molar-refractivity contribution in [3.8, 4) is 0 Å². The van der Waals surface area contributed by atoms with E-state index in [1.54, 1.807) is 6.33 Å². The number of hydrogen-bond acceptors (Lipinski definition) is 4. The predicted octanol–water partition coefficient (Wildman–Crippen LogP) is 2.51. The first-order valence-electron chi connectivity index (χ1n) is 7.27. The Morgan fingerprint density at radius 2 is 2.16 bits per heavy atom. The molecule has 1 saturated heterocycles. The summed E-state index contributed by atoms with van der Waals surface area (Å²) < 4.78 is 0. The fraction of sp³-hybridized carbons (Fsp3) is 0.643. The van der Waals surface area contributed by atoms with Gasteiger partial charge < -0.3 is 4.90 Å². The monoisotopic (exact) mass is 257 g/mol. The van der Waals surface area contributed by atoms with Crippen LogP contribution in [0.3, 0.4) is 0 Å². The van der Waals surface area contributed by atoms with Crippen LogP contribution in [0.15, 0.2) is 12.5 Å². The molecule has 2 aromatic rings. The molecule has 2 fully saturated rings. The van der Waals surface area contributed by atoms with Crippen LogP contribution in [0.2, 0.25) is 0 Å². The quantitative estimate of drug-likeness (QED) is 0.852. The van der Waals surface area contributed by atoms with E-state index in [1.807, 2.05) is 6.20 Å². The van der Waals surface area contributed by atoms with Crippen molar-refractivity contribution in [2.24, 2.45) is 5.92 Å². The molecule has 1 aliphatic heterocycles. The van der Waals surface area contributed by atoms with Gasteiger partial charge in [-0.3, -0.25) is 5.10 Å². The fourth-order valence-electron chi connectivity index (χ4n) is 4.03. The van der Waals surface area contributed by atoms with E-state index in [0.29, 0.717) is 12.1 Å². The van der Waals surface area contributed by atoms with Gasteiger partial charge in [0.1, 0.15) is 12.1 Å². The van der Waals surface area contributed by atoms with Crippen LogP contribution in [-0.4, -0.2) is 32.2 Å². The molecule has 0 spiro atoms. The number of nitrogens with zero attached hydrogens (tertiary/aromatic N) is 4. The van der Waals surface area contributed by atoms with Gasteiger partial charge in [-0.25, -0.2) is 9.97 Å². The van der Waals surface area contributed by atoms with Gasteiger partial charge in [0.05, 0.1) is 11.6 Å². The number of aromatic nitrogens is 4. The van der Waals surface area contributed by atoms with E-state index in [-0.39, 0.29) is 0 Å². The molecule has 2 aliphatic rings. The number of anilines is 1. The highest BCUT2D eigenvalue weighted by molar-refractivity contribution is 5.86. The van der Waals surface area contributed by atoms with Gasteiger partial charge in [0.2, 0.25) is 0 Å². The molecule has 0 bridgehead atoms. The predicted molar refractivity (Wildman–Crippen MR) is 74.0 cm³/mol. The topological polar surface area (TPSA) is 57.7 Å². The number of rotatable bonds is 1. The van der Waals surface area contributed by atoms with Crippen LogP contribution in [0.5, 0.6) is 0 Å². The Kier molecular flexibility index (Phi) is 2.47. The number of fused-ring (bicyclic) bond motifs is 2. The summed E-state index contributed by atoms with van der Waals surface area (Å²) in [6.07, 6.45) is 10.2. The first kappa shape index (κ1) is 11.2. The molecule has 3 atom stereocenters. The SMILES string of the molecule is CC1CC2CCCCC2N1c1ncnc2[nH]ncc12. The molecule has 100 valence electrons. The maximum atomic E-state index is 4.56. The van der Waals surface area contributed by atoms with Crippen molar-refractivity contribution in [1.82, 2.24) is 20.2 Å². The molecule has 0 aromatic carbocycles. The third kappa shape index (κ3) is 1.64. The van der Waals surface area contributed by atoms with Crippen LogP contribution in [0.1, 0.15) is 39.0 Å². The van der Waals surface area contributed by atoms with E-state index >= 15 is 0 Å². The highest BCUT2D eigenvalue weighted by Gasteiger charge is 2.41. The van der Waals surface area contributed by atoms with Gasteiger partial charge in [-0.1, -0.05) is 12.8 Å². The third-order valence-electron chi connectivity index (χ3n) is 4.82. The molecule has 5 heteroatoms. The summed E-state index contributed by atoms with van der Waals surface area (Å²) in [5.74, 6) is 1.92. The summed E-state index contributed by atoms with van der Waals surface area (Å²) in [4.78, 5) is 11.3. The van der Waals surface area contributed by atoms with E-state index in [0.717, 1.165) is 22.8 Å². The summed E-state index contributed by atoms with van der Waals surface area (Å²) in [6.45, 7) is 2.33. The largest absolute Gasteiger partial charge is 0.350 e. The van der Waals surface area contributed by atoms with Gasteiger partial charge in [-0.2, -0.15) is 5.10 Å². The van der Waals surface area contributed by atoms with Gasteiger partial charge in [0.25, 0.3) is 0 Å². The molecule has 0 radical (unpaired) electrons. The summed E-state index contributed by atoms with van der Waals surface area (Å²) in [6, 6.07) is 1.23. The molecule has 2 aromatic heterocycles. The van der Waals surface area contributed by atoms with Gasteiger partial charge in [-0.15, -0.1) is 0 Å². The average Bonchev–Trinajstić information content (AvgIpc) is 3.01. The van der Waals surface area contributed by atoms with Crippen LogP contribution < -0.4 is 4.90 Å². The zero-order valence-corrected chi connectivity index (χ0v) is 11.2. The average molecular weight is 257 g/mol. The third-order valence-corrected chi connectivity index (χ3v) is 4.82. The summed E-state index contributed by atoms with van der Waals surface area (Å²) in [5, 5.41) is 8.11. The first-order valence-corrected chi connectivity index (χ1v) is 7.27. The molecule has 5 nitrogen and oxygen atoms in total. The molecule has 0 amide bonds. The minimum Gasteiger partial charge on any atom is -0.350 e. The minimum absolute atomic E-state index is 0.570. The summed E-state index contributed by atoms with van der Waals surface area (Å²) in [7, 11) is 0. The second-order valence-corrected chi connectivity index (χ2v) is 5.93. The van der Waals surface area contributed by atoms with Crippen molar-refractivity contribution in [2.45, 2.75) is 51.1 Å². The van der Waals surface area contributed by atoms with Gasteiger partial charge >= 0.3 is 0 Å². The standard InChI is InChI=1S/C14H19N5/c1-9-6-10-4-2-3-5-12(10)19(9)14-11-7-17-18-13(11)15-8-16-14/h7-10,12H,2-6H2,1H3,(H,15,16,17,18). The zero-order chi connectivity index (χ0) is 12.8. The lowest BCUT2D eigenvalue weighted by atomic mass is 9.85. The van der Waals surface area contributed by atoms with E-state index in [2.05, 4.69) is 32.0 Å². The first-order chi connectivity index (χ1) is 9.34. The smallest absolute Gasteiger partial charge is 0.160 e. The van der Waals surface area contributed by atoms with Gasteiger partial charge in [0, 0.05) is 12.1 Å². The second kappa shape index (κ2) is 4.18. The minimum atomic E-state index is 0.570. The van der Waals surface area contributed by atoms with Crippen molar-refractivity contribution in [1.29, 1.82) is 0 Å². The van der Waals surface area contributed by atoms with Crippen molar-refractivity contribution in [2.75, 3.05) is 4.90 Å². The van der Waals surface area contributed by atoms with Crippen LogP contribution in [-0.2, 0) is 0 Å². The maximum absolute atomic E-state index is 4.56. The fourth-order valence-corrected chi connectivity index (χ4v) is 4.03. The Morgan fingerprint density at radius 1 is 1.26 bits per heavy atom. The van der Waals surface area contributed by atoms with E-state index in [4.69, 9.17) is 0 Å². The molecule has 1 saturated carbocycles. The normalized spacial score (nSPS) is 30.8. The van der Waals surface area contributed by atoms with Gasteiger partial charge in [-0.05, 0) is 32.1 Å². The highest BCUT2D eigenvalue weighted by atomic mass is 15.3. The number of aromatic amines is 1. The number of nitrogens with one attached hydrogen (secondary N) is 1. The van der Waals surface area contributed by atoms with E-state index < -0.39 is 0 Å². The Labute approximate surface area is 112 Å². The van der Waals surface area contributed by atoms with E-state index in [9.17, 15) is 0 Å². The maximum Gasteiger partial charge on any atom is 0.160 e. The molecule has 19 heavy (non-hydrogen) atoms. The molecule has 1 N–H and O–H groups in total. The Bertz CT molecular complexity index is 592. The number of hydrogen-bond donors (Lipinski definition) is 1.